The highest BCUT2D eigenvalue weighted by atomic mass is 16.5. The lowest BCUT2D eigenvalue weighted by Crippen LogP contribution is -2.38. The van der Waals surface area contributed by atoms with Crippen LogP contribution in [0.25, 0.3) is 0 Å². The van der Waals surface area contributed by atoms with Crippen molar-refractivity contribution in [3.63, 3.8) is 0 Å². The van der Waals surface area contributed by atoms with Crippen LogP contribution in [0.15, 0.2) is 54.6 Å². The van der Waals surface area contributed by atoms with Gasteiger partial charge < -0.3 is 9.64 Å². The Morgan fingerprint density at radius 1 is 0.920 bits per heavy atom. The number of likely N-dealkylation sites (N-methyl/N-ethyl adjacent to an activating group) is 2. The summed E-state index contributed by atoms with van der Waals surface area (Å²) in [5, 5.41) is 0. The zero-order valence-corrected chi connectivity index (χ0v) is 15.4. The van der Waals surface area contributed by atoms with Crippen LogP contribution in [-0.2, 0) is 17.9 Å². The van der Waals surface area contributed by atoms with Crippen molar-refractivity contribution >= 4 is 5.91 Å². The van der Waals surface area contributed by atoms with Crippen LogP contribution < -0.4 is 4.74 Å². The van der Waals surface area contributed by atoms with Crippen molar-refractivity contribution in [2.45, 2.75) is 26.9 Å². The van der Waals surface area contributed by atoms with E-state index in [0.717, 1.165) is 17.9 Å². The Labute approximate surface area is 151 Å². The molecule has 0 aliphatic carbocycles. The van der Waals surface area contributed by atoms with E-state index in [-0.39, 0.29) is 5.91 Å². The smallest absolute Gasteiger partial charge is 0.237 e. The lowest BCUT2D eigenvalue weighted by molar-refractivity contribution is -0.132. The van der Waals surface area contributed by atoms with E-state index in [4.69, 9.17) is 4.74 Å². The SMILES string of the molecule is CCOc1ccc(CN(C)CC(=O)N(CC)Cc2ccccc2)cc1. The highest BCUT2D eigenvalue weighted by Gasteiger charge is 2.14. The summed E-state index contributed by atoms with van der Waals surface area (Å²) in [6.45, 7) is 7.18. The first-order valence-electron chi connectivity index (χ1n) is 8.84. The monoisotopic (exact) mass is 340 g/mol. The Morgan fingerprint density at radius 2 is 1.56 bits per heavy atom. The summed E-state index contributed by atoms with van der Waals surface area (Å²) in [5.41, 5.74) is 2.33. The summed E-state index contributed by atoms with van der Waals surface area (Å²) in [5.74, 6) is 1.03. The van der Waals surface area contributed by atoms with Crippen LogP contribution in [0.1, 0.15) is 25.0 Å². The van der Waals surface area contributed by atoms with Crippen LogP contribution in [0, 0.1) is 0 Å². The molecule has 0 saturated heterocycles. The van der Waals surface area contributed by atoms with E-state index in [0.29, 0.717) is 26.2 Å². The summed E-state index contributed by atoms with van der Waals surface area (Å²) in [7, 11) is 1.98. The second-order valence-electron chi connectivity index (χ2n) is 6.14. The Bertz CT molecular complexity index is 641. The molecule has 0 aliphatic rings. The fourth-order valence-electron chi connectivity index (χ4n) is 2.74. The van der Waals surface area contributed by atoms with E-state index in [2.05, 4.69) is 12.1 Å². The third-order valence-electron chi connectivity index (χ3n) is 4.04. The normalized spacial score (nSPS) is 10.7. The molecule has 0 atom stereocenters. The summed E-state index contributed by atoms with van der Waals surface area (Å²) >= 11 is 0. The van der Waals surface area contributed by atoms with Gasteiger partial charge in [0.15, 0.2) is 0 Å². The minimum Gasteiger partial charge on any atom is -0.494 e. The van der Waals surface area contributed by atoms with Gasteiger partial charge in [0.1, 0.15) is 5.75 Å². The van der Waals surface area contributed by atoms with Crippen molar-refractivity contribution in [3.8, 4) is 5.75 Å². The summed E-state index contributed by atoms with van der Waals surface area (Å²) in [6, 6.07) is 18.2. The molecule has 4 heteroatoms. The highest BCUT2D eigenvalue weighted by molar-refractivity contribution is 5.78. The molecule has 2 aromatic carbocycles. The van der Waals surface area contributed by atoms with E-state index in [1.807, 2.05) is 73.2 Å². The molecule has 0 fully saturated rings. The van der Waals surface area contributed by atoms with Gasteiger partial charge in [-0.05, 0) is 44.2 Å². The van der Waals surface area contributed by atoms with Crippen molar-refractivity contribution in [1.29, 1.82) is 0 Å². The maximum Gasteiger partial charge on any atom is 0.237 e. The second kappa shape index (κ2) is 9.84. The number of rotatable bonds is 9. The number of nitrogens with zero attached hydrogens (tertiary/aromatic N) is 2. The maximum absolute atomic E-state index is 12.6. The zero-order valence-electron chi connectivity index (χ0n) is 15.4. The van der Waals surface area contributed by atoms with E-state index >= 15 is 0 Å². The molecule has 25 heavy (non-hydrogen) atoms. The van der Waals surface area contributed by atoms with Crippen LogP contribution >= 0.6 is 0 Å². The van der Waals surface area contributed by atoms with Crippen molar-refractivity contribution < 1.29 is 9.53 Å². The molecule has 1 amide bonds. The van der Waals surface area contributed by atoms with Gasteiger partial charge >= 0.3 is 0 Å². The molecule has 0 aliphatic heterocycles. The average Bonchev–Trinajstić information content (AvgIpc) is 2.62. The van der Waals surface area contributed by atoms with Crippen LogP contribution in [-0.4, -0.2) is 42.5 Å². The number of carbonyl (C=O) groups excluding carboxylic acids is 1. The van der Waals surface area contributed by atoms with Gasteiger partial charge in [0.25, 0.3) is 0 Å². The Balaban J connectivity index is 1.87. The highest BCUT2D eigenvalue weighted by Crippen LogP contribution is 2.13. The molecule has 2 rings (SSSR count). The van der Waals surface area contributed by atoms with Crippen molar-refractivity contribution in [2.75, 3.05) is 26.7 Å². The first-order valence-corrected chi connectivity index (χ1v) is 8.84. The number of carbonyl (C=O) groups is 1. The molecule has 134 valence electrons. The lowest BCUT2D eigenvalue weighted by Gasteiger charge is -2.24. The number of amides is 1. The summed E-state index contributed by atoms with van der Waals surface area (Å²) < 4.78 is 5.46. The van der Waals surface area contributed by atoms with Gasteiger partial charge in [-0.2, -0.15) is 0 Å². The Hall–Kier alpha value is -2.33. The van der Waals surface area contributed by atoms with Gasteiger partial charge in [-0.15, -0.1) is 0 Å². The van der Waals surface area contributed by atoms with E-state index in [1.54, 1.807) is 0 Å². The minimum absolute atomic E-state index is 0.153. The van der Waals surface area contributed by atoms with Crippen LogP contribution in [0.4, 0.5) is 0 Å². The van der Waals surface area contributed by atoms with Gasteiger partial charge in [-0.1, -0.05) is 42.5 Å². The molecule has 0 heterocycles. The van der Waals surface area contributed by atoms with Gasteiger partial charge in [-0.25, -0.2) is 0 Å². The van der Waals surface area contributed by atoms with Gasteiger partial charge in [0.05, 0.1) is 13.2 Å². The molecule has 0 bridgehead atoms. The number of hydrogen-bond acceptors (Lipinski definition) is 3. The first kappa shape index (κ1) is 19.0. The molecule has 4 nitrogen and oxygen atoms in total. The van der Waals surface area contributed by atoms with Crippen molar-refractivity contribution in [2.24, 2.45) is 0 Å². The standard InChI is InChI=1S/C21H28N2O2/c1-4-23(16-18-9-7-6-8-10-18)21(24)17-22(3)15-19-11-13-20(14-12-19)25-5-2/h6-14H,4-5,15-17H2,1-3H3. The van der Waals surface area contributed by atoms with Gasteiger partial charge in [0.2, 0.25) is 5.91 Å². The van der Waals surface area contributed by atoms with Crippen LogP contribution in [0.5, 0.6) is 5.75 Å². The predicted octanol–water partition coefficient (Wildman–Crippen LogP) is 3.57. The zero-order chi connectivity index (χ0) is 18.1. The maximum atomic E-state index is 12.6. The fraction of sp³-hybridized carbons (Fsp3) is 0.381. The molecule has 0 saturated carbocycles. The topological polar surface area (TPSA) is 32.8 Å². The molecule has 0 aromatic heterocycles. The van der Waals surface area contributed by atoms with Gasteiger partial charge in [0, 0.05) is 19.6 Å². The molecular weight excluding hydrogens is 312 g/mol. The summed E-state index contributed by atoms with van der Waals surface area (Å²) in [6.07, 6.45) is 0. The van der Waals surface area contributed by atoms with Crippen molar-refractivity contribution in [3.05, 3.63) is 65.7 Å². The fourth-order valence-corrected chi connectivity index (χ4v) is 2.74. The van der Waals surface area contributed by atoms with E-state index in [9.17, 15) is 4.79 Å². The Morgan fingerprint density at radius 3 is 2.16 bits per heavy atom. The molecule has 0 unspecified atom stereocenters. The largest absolute Gasteiger partial charge is 0.494 e. The second-order valence-corrected chi connectivity index (χ2v) is 6.14. The lowest BCUT2D eigenvalue weighted by atomic mass is 10.2. The van der Waals surface area contributed by atoms with Crippen molar-refractivity contribution in [1.82, 2.24) is 9.80 Å². The van der Waals surface area contributed by atoms with Crippen LogP contribution in [0.2, 0.25) is 0 Å². The molecule has 2 aromatic rings. The first-order chi connectivity index (χ1) is 12.1. The quantitative estimate of drug-likeness (QED) is 0.700. The minimum atomic E-state index is 0.153. The van der Waals surface area contributed by atoms with E-state index in [1.165, 1.54) is 5.56 Å². The molecule has 0 N–H and O–H groups in total. The molecule has 0 spiro atoms. The number of ether oxygens (including phenoxy) is 1. The van der Waals surface area contributed by atoms with Crippen LogP contribution in [0.3, 0.4) is 0 Å². The van der Waals surface area contributed by atoms with E-state index < -0.39 is 0 Å². The molecule has 0 radical (unpaired) electrons. The summed E-state index contributed by atoms with van der Waals surface area (Å²) in [4.78, 5) is 16.5. The predicted molar refractivity (Wildman–Crippen MR) is 101 cm³/mol. The third kappa shape index (κ3) is 6.24. The third-order valence-corrected chi connectivity index (χ3v) is 4.04. The average molecular weight is 340 g/mol. The Kier molecular flexibility index (Phi) is 7.48. The number of benzene rings is 2. The van der Waals surface area contributed by atoms with Gasteiger partial charge in [-0.3, -0.25) is 9.69 Å². The number of hydrogen-bond donors (Lipinski definition) is 0. The molecular formula is C21H28N2O2.